The van der Waals surface area contributed by atoms with Crippen molar-refractivity contribution in [1.82, 2.24) is 5.32 Å². The molecule has 0 aliphatic heterocycles. The molecule has 3 heteroatoms. The Hall–Kier alpha value is -0.380. The van der Waals surface area contributed by atoms with Crippen LogP contribution in [0.25, 0.3) is 0 Å². The van der Waals surface area contributed by atoms with E-state index >= 15 is 0 Å². The van der Waals surface area contributed by atoms with Crippen molar-refractivity contribution in [2.75, 3.05) is 13.2 Å². The molecule has 0 amide bonds. The third-order valence-corrected chi connectivity index (χ3v) is 4.70. The SMILES string of the molecule is CC(C)CNCc1ccc(COCC2CCCC2)s1. The minimum Gasteiger partial charge on any atom is -0.376 e. The first-order chi connectivity index (χ1) is 9.24. The van der Waals surface area contributed by atoms with Crippen LogP contribution in [-0.4, -0.2) is 13.2 Å². The fourth-order valence-corrected chi connectivity index (χ4v) is 3.51. The molecule has 2 rings (SSSR count). The average Bonchev–Trinajstić information content (AvgIpc) is 3.00. The number of thiophene rings is 1. The molecule has 1 fully saturated rings. The molecular weight excluding hydrogens is 254 g/mol. The highest BCUT2D eigenvalue weighted by Gasteiger charge is 2.14. The maximum atomic E-state index is 5.85. The second kappa shape index (κ2) is 8.03. The first-order valence-corrected chi connectivity index (χ1v) is 8.41. The molecule has 19 heavy (non-hydrogen) atoms. The Morgan fingerprint density at radius 3 is 2.74 bits per heavy atom. The molecule has 1 aliphatic carbocycles. The van der Waals surface area contributed by atoms with Gasteiger partial charge >= 0.3 is 0 Å². The van der Waals surface area contributed by atoms with Crippen LogP contribution in [0, 0.1) is 11.8 Å². The first-order valence-electron chi connectivity index (χ1n) is 7.60. The third kappa shape index (κ3) is 5.64. The van der Waals surface area contributed by atoms with E-state index in [4.69, 9.17) is 4.74 Å². The van der Waals surface area contributed by atoms with Gasteiger partial charge < -0.3 is 10.1 Å². The molecule has 1 aliphatic rings. The molecule has 0 saturated heterocycles. The molecule has 0 spiro atoms. The number of rotatable bonds is 8. The van der Waals surface area contributed by atoms with Crippen LogP contribution in [0.2, 0.25) is 0 Å². The van der Waals surface area contributed by atoms with Crippen molar-refractivity contribution in [3.05, 3.63) is 21.9 Å². The predicted molar refractivity (Wildman–Crippen MR) is 82.5 cm³/mol. The summed E-state index contributed by atoms with van der Waals surface area (Å²) in [6, 6.07) is 4.44. The molecule has 0 radical (unpaired) electrons. The molecule has 0 bridgehead atoms. The number of hydrogen-bond acceptors (Lipinski definition) is 3. The second-order valence-corrected chi connectivity index (χ2v) is 7.31. The van der Waals surface area contributed by atoms with Gasteiger partial charge in [0, 0.05) is 22.9 Å². The Bertz CT molecular complexity index is 355. The van der Waals surface area contributed by atoms with Gasteiger partial charge in [0.2, 0.25) is 0 Å². The lowest BCUT2D eigenvalue weighted by molar-refractivity contribution is 0.0906. The zero-order valence-corrected chi connectivity index (χ0v) is 13.1. The summed E-state index contributed by atoms with van der Waals surface area (Å²) in [4.78, 5) is 2.78. The number of nitrogens with one attached hydrogen (secondary N) is 1. The molecule has 1 aromatic rings. The average molecular weight is 281 g/mol. The van der Waals surface area contributed by atoms with Crippen molar-refractivity contribution in [1.29, 1.82) is 0 Å². The van der Waals surface area contributed by atoms with E-state index in [1.54, 1.807) is 0 Å². The molecule has 108 valence electrons. The highest BCUT2D eigenvalue weighted by Crippen LogP contribution is 2.25. The van der Waals surface area contributed by atoms with E-state index in [0.29, 0.717) is 5.92 Å². The van der Waals surface area contributed by atoms with Crippen LogP contribution < -0.4 is 5.32 Å². The van der Waals surface area contributed by atoms with Crippen molar-refractivity contribution in [2.24, 2.45) is 11.8 Å². The van der Waals surface area contributed by atoms with Gasteiger partial charge in [-0.1, -0.05) is 26.7 Å². The molecule has 0 unspecified atom stereocenters. The van der Waals surface area contributed by atoms with Crippen LogP contribution in [0.3, 0.4) is 0 Å². The zero-order chi connectivity index (χ0) is 13.5. The monoisotopic (exact) mass is 281 g/mol. The topological polar surface area (TPSA) is 21.3 Å². The number of hydrogen-bond donors (Lipinski definition) is 1. The summed E-state index contributed by atoms with van der Waals surface area (Å²) in [5, 5.41) is 3.48. The lowest BCUT2D eigenvalue weighted by Gasteiger charge is -2.08. The highest BCUT2D eigenvalue weighted by molar-refractivity contribution is 7.11. The van der Waals surface area contributed by atoms with E-state index in [2.05, 4.69) is 31.3 Å². The summed E-state index contributed by atoms with van der Waals surface area (Å²) in [6.45, 7) is 8.31. The summed E-state index contributed by atoms with van der Waals surface area (Å²) >= 11 is 1.88. The van der Waals surface area contributed by atoms with Gasteiger partial charge in [-0.3, -0.25) is 0 Å². The van der Waals surface area contributed by atoms with Crippen LogP contribution in [0.4, 0.5) is 0 Å². The summed E-state index contributed by atoms with van der Waals surface area (Å²) in [5.41, 5.74) is 0. The Balaban J connectivity index is 1.62. The van der Waals surface area contributed by atoms with E-state index in [-0.39, 0.29) is 0 Å². The molecule has 1 aromatic heterocycles. The van der Waals surface area contributed by atoms with E-state index in [1.165, 1.54) is 35.4 Å². The van der Waals surface area contributed by atoms with Crippen molar-refractivity contribution in [2.45, 2.75) is 52.7 Å². The normalized spacial score (nSPS) is 16.6. The fraction of sp³-hybridized carbons (Fsp3) is 0.750. The Morgan fingerprint density at radius 2 is 2.00 bits per heavy atom. The lowest BCUT2D eigenvalue weighted by Crippen LogP contribution is -2.18. The first kappa shape index (κ1) is 15.0. The Labute approximate surface area is 121 Å². The molecule has 2 nitrogen and oxygen atoms in total. The van der Waals surface area contributed by atoms with Crippen LogP contribution in [0.5, 0.6) is 0 Å². The maximum Gasteiger partial charge on any atom is 0.0809 e. The van der Waals surface area contributed by atoms with Crippen LogP contribution in [0.15, 0.2) is 12.1 Å². The van der Waals surface area contributed by atoms with Gasteiger partial charge in [0.15, 0.2) is 0 Å². The third-order valence-electron chi connectivity index (χ3n) is 3.64. The number of ether oxygens (including phenoxy) is 1. The Morgan fingerprint density at radius 1 is 1.26 bits per heavy atom. The fourth-order valence-electron chi connectivity index (χ4n) is 2.58. The van der Waals surface area contributed by atoms with Crippen LogP contribution in [-0.2, 0) is 17.9 Å². The lowest BCUT2D eigenvalue weighted by atomic mass is 10.1. The maximum absolute atomic E-state index is 5.85. The van der Waals surface area contributed by atoms with E-state index in [9.17, 15) is 0 Å². The standard InChI is InChI=1S/C16H27NOS/c1-13(2)9-17-10-15-7-8-16(19-15)12-18-11-14-5-3-4-6-14/h7-8,13-14,17H,3-6,9-12H2,1-2H3. The minimum atomic E-state index is 0.717. The van der Waals surface area contributed by atoms with Gasteiger partial charge in [-0.2, -0.15) is 0 Å². The minimum absolute atomic E-state index is 0.717. The molecular formula is C16H27NOS. The largest absolute Gasteiger partial charge is 0.376 e. The van der Waals surface area contributed by atoms with E-state index < -0.39 is 0 Å². The van der Waals surface area contributed by atoms with Crippen LogP contribution >= 0.6 is 11.3 Å². The molecule has 1 heterocycles. The highest BCUT2D eigenvalue weighted by atomic mass is 32.1. The Kier molecular flexibility index (Phi) is 6.35. The smallest absolute Gasteiger partial charge is 0.0809 e. The quantitative estimate of drug-likeness (QED) is 0.771. The van der Waals surface area contributed by atoms with Gasteiger partial charge in [-0.25, -0.2) is 0 Å². The molecule has 0 aromatic carbocycles. The van der Waals surface area contributed by atoms with E-state index in [1.807, 2.05) is 11.3 Å². The van der Waals surface area contributed by atoms with Gasteiger partial charge in [-0.15, -0.1) is 11.3 Å². The van der Waals surface area contributed by atoms with Gasteiger partial charge in [0.25, 0.3) is 0 Å². The van der Waals surface area contributed by atoms with Gasteiger partial charge in [0.1, 0.15) is 0 Å². The summed E-state index contributed by atoms with van der Waals surface area (Å²) < 4.78 is 5.85. The molecule has 1 saturated carbocycles. The predicted octanol–water partition coefficient (Wildman–Crippen LogP) is 4.20. The summed E-state index contributed by atoms with van der Waals surface area (Å²) in [6.07, 6.45) is 5.54. The van der Waals surface area contributed by atoms with Crippen LogP contribution in [0.1, 0.15) is 49.3 Å². The molecule has 0 atom stereocenters. The van der Waals surface area contributed by atoms with E-state index in [0.717, 1.165) is 32.2 Å². The van der Waals surface area contributed by atoms with Crippen molar-refractivity contribution in [3.8, 4) is 0 Å². The summed E-state index contributed by atoms with van der Waals surface area (Å²) in [5.74, 6) is 1.54. The van der Waals surface area contributed by atoms with Crippen molar-refractivity contribution < 1.29 is 4.74 Å². The van der Waals surface area contributed by atoms with Gasteiger partial charge in [0.05, 0.1) is 6.61 Å². The van der Waals surface area contributed by atoms with Gasteiger partial charge in [-0.05, 0) is 43.4 Å². The van der Waals surface area contributed by atoms with Crippen molar-refractivity contribution >= 4 is 11.3 Å². The van der Waals surface area contributed by atoms with Crippen molar-refractivity contribution in [3.63, 3.8) is 0 Å². The molecule has 1 N–H and O–H groups in total. The zero-order valence-electron chi connectivity index (χ0n) is 12.3. The second-order valence-electron chi connectivity index (χ2n) is 6.06. The summed E-state index contributed by atoms with van der Waals surface area (Å²) in [7, 11) is 0.